The van der Waals surface area contributed by atoms with Crippen LogP contribution in [0.2, 0.25) is 5.02 Å². The monoisotopic (exact) mass is 491 g/mol. The summed E-state index contributed by atoms with van der Waals surface area (Å²) in [6, 6.07) is 3.51. The fraction of sp³-hybridized carbons (Fsp3) is 0.412. The molecule has 1 aromatic heterocycles. The van der Waals surface area contributed by atoms with Crippen molar-refractivity contribution in [2.75, 3.05) is 33.3 Å². The Hall–Kier alpha value is -0.900. The molecule has 0 spiro atoms. The zero-order valence-electron chi connectivity index (χ0n) is 14.1. The summed E-state index contributed by atoms with van der Waals surface area (Å²) in [7, 11) is 1.57. The lowest BCUT2D eigenvalue weighted by molar-refractivity contribution is 0.0624. The maximum atomic E-state index is 12.9. The van der Waals surface area contributed by atoms with Gasteiger partial charge in [0.05, 0.1) is 28.4 Å². The van der Waals surface area contributed by atoms with Gasteiger partial charge < -0.3 is 9.64 Å². The highest BCUT2D eigenvalue weighted by atomic mass is 127. The van der Waals surface area contributed by atoms with Crippen LogP contribution in [0.15, 0.2) is 17.5 Å². The van der Waals surface area contributed by atoms with Crippen molar-refractivity contribution >= 4 is 51.4 Å². The van der Waals surface area contributed by atoms with Crippen LogP contribution in [0, 0.1) is 10.5 Å². The molecule has 0 bridgehead atoms. The van der Waals surface area contributed by atoms with Crippen molar-refractivity contribution in [1.29, 1.82) is 0 Å². The van der Waals surface area contributed by atoms with Crippen LogP contribution >= 0.6 is 45.5 Å². The largest absolute Gasteiger partial charge is 0.496 e. The molecule has 1 aliphatic rings. The van der Waals surface area contributed by atoms with Crippen molar-refractivity contribution in [1.82, 2.24) is 14.8 Å². The van der Waals surface area contributed by atoms with Crippen molar-refractivity contribution < 1.29 is 9.53 Å². The summed E-state index contributed by atoms with van der Waals surface area (Å²) in [5.74, 6) is 0.540. The third-order valence-corrected chi connectivity index (χ3v) is 6.53. The van der Waals surface area contributed by atoms with Crippen molar-refractivity contribution in [3.8, 4) is 5.75 Å². The molecule has 5 nitrogen and oxygen atoms in total. The molecular formula is C17H19ClIN3O2S. The molecule has 0 aliphatic carbocycles. The second-order valence-electron chi connectivity index (χ2n) is 5.89. The number of halogens is 2. The molecule has 2 aromatic rings. The summed E-state index contributed by atoms with van der Waals surface area (Å²) < 4.78 is 6.24. The second kappa shape index (κ2) is 8.20. The molecule has 1 aliphatic heterocycles. The van der Waals surface area contributed by atoms with Crippen molar-refractivity contribution in [2.24, 2.45) is 0 Å². The number of nitrogens with zero attached hydrogens (tertiary/aromatic N) is 3. The van der Waals surface area contributed by atoms with Crippen LogP contribution in [0.4, 0.5) is 0 Å². The Kier molecular flexibility index (Phi) is 6.19. The second-order valence-corrected chi connectivity index (χ2v) is 8.52. The van der Waals surface area contributed by atoms with E-state index < -0.39 is 0 Å². The summed E-state index contributed by atoms with van der Waals surface area (Å²) in [4.78, 5) is 21.6. The number of aryl methyl sites for hydroxylation is 1. The molecule has 25 heavy (non-hydrogen) atoms. The number of hydrogen-bond donors (Lipinski definition) is 0. The normalized spacial score (nSPS) is 15.4. The zero-order chi connectivity index (χ0) is 18.0. The van der Waals surface area contributed by atoms with Crippen molar-refractivity contribution in [2.45, 2.75) is 13.5 Å². The van der Waals surface area contributed by atoms with Gasteiger partial charge >= 0.3 is 0 Å². The van der Waals surface area contributed by atoms with E-state index >= 15 is 0 Å². The number of rotatable bonds is 4. The molecule has 1 fully saturated rings. The van der Waals surface area contributed by atoms with Crippen LogP contribution in [0.5, 0.6) is 5.75 Å². The van der Waals surface area contributed by atoms with E-state index in [1.165, 1.54) is 0 Å². The molecule has 3 rings (SSSR count). The average Bonchev–Trinajstić information content (AvgIpc) is 3.02. The van der Waals surface area contributed by atoms with Crippen LogP contribution in [0.1, 0.15) is 21.1 Å². The van der Waals surface area contributed by atoms with Crippen LogP contribution in [-0.4, -0.2) is 54.0 Å². The number of ether oxygens (including phenoxy) is 1. The summed E-state index contributed by atoms with van der Waals surface area (Å²) in [6.45, 7) is 5.91. The highest BCUT2D eigenvalue weighted by Crippen LogP contribution is 2.29. The SMILES string of the molecule is COc1cc(I)c(Cl)cc1C(=O)N1CCN(Cc2csc(C)n2)CC1. The number of aromatic nitrogens is 1. The van der Waals surface area contributed by atoms with E-state index in [1.54, 1.807) is 30.6 Å². The highest BCUT2D eigenvalue weighted by molar-refractivity contribution is 14.1. The molecule has 1 saturated heterocycles. The zero-order valence-corrected chi connectivity index (χ0v) is 17.8. The first-order chi connectivity index (χ1) is 12.0. The Morgan fingerprint density at radius 3 is 2.68 bits per heavy atom. The first-order valence-corrected chi connectivity index (χ1v) is 10.3. The standard InChI is InChI=1S/C17H19ClIN3O2S/c1-11-20-12(10-25-11)9-21-3-5-22(6-4-21)17(23)13-7-14(18)15(19)8-16(13)24-2/h7-8,10H,3-6,9H2,1-2H3. The van der Waals surface area contributed by atoms with Crippen LogP contribution in [-0.2, 0) is 6.54 Å². The minimum atomic E-state index is -0.0284. The number of carbonyl (C=O) groups excluding carboxylic acids is 1. The molecule has 1 aromatic carbocycles. The fourth-order valence-corrected chi connectivity index (χ4v) is 4.06. The van der Waals surface area contributed by atoms with Crippen LogP contribution < -0.4 is 4.74 Å². The maximum absolute atomic E-state index is 12.9. The number of hydrogen-bond acceptors (Lipinski definition) is 5. The summed E-state index contributed by atoms with van der Waals surface area (Å²) in [5.41, 5.74) is 1.63. The number of benzene rings is 1. The van der Waals surface area contributed by atoms with Gasteiger partial charge in [0.25, 0.3) is 5.91 Å². The molecule has 0 radical (unpaired) electrons. The highest BCUT2D eigenvalue weighted by Gasteiger charge is 2.25. The summed E-state index contributed by atoms with van der Waals surface area (Å²) >= 11 is 10.0. The van der Waals surface area contributed by atoms with E-state index in [9.17, 15) is 4.79 Å². The third-order valence-electron chi connectivity index (χ3n) is 4.18. The Morgan fingerprint density at radius 1 is 1.36 bits per heavy atom. The number of carbonyl (C=O) groups is 1. The van der Waals surface area contributed by atoms with Gasteiger partial charge in [0.15, 0.2) is 0 Å². The fourth-order valence-electron chi connectivity index (χ4n) is 2.85. The Labute approximate surface area is 170 Å². The van der Waals surface area contributed by atoms with Crippen LogP contribution in [0.25, 0.3) is 0 Å². The van der Waals surface area contributed by atoms with Gasteiger partial charge in [-0.15, -0.1) is 11.3 Å². The molecule has 0 atom stereocenters. The Bertz CT molecular complexity index is 775. The number of thiazole rings is 1. The molecule has 0 saturated carbocycles. The molecule has 8 heteroatoms. The molecule has 0 unspecified atom stereocenters. The van der Waals surface area contributed by atoms with E-state index in [2.05, 4.69) is 37.9 Å². The Morgan fingerprint density at radius 2 is 2.08 bits per heavy atom. The first kappa shape index (κ1) is 18.9. The predicted molar refractivity (Wildman–Crippen MR) is 109 cm³/mol. The van der Waals surface area contributed by atoms with Crippen LogP contribution in [0.3, 0.4) is 0 Å². The third kappa shape index (κ3) is 4.45. The summed E-state index contributed by atoms with van der Waals surface area (Å²) in [5, 5.41) is 3.76. The predicted octanol–water partition coefficient (Wildman–Crippen LogP) is 3.68. The minimum absolute atomic E-state index is 0.0284. The van der Waals surface area contributed by atoms with Gasteiger partial charge in [0, 0.05) is 41.7 Å². The number of piperazine rings is 1. The van der Waals surface area contributed by atoms with E-state index in [1.807, 2.05) is 11.8 Å². The number of methoxy groups -OCH3 is 1. The average molecular weight is 492 g/mol. The smallest absolute Gasteiger partial charge is 0.257 e. The lowest BCUT2D eigenvalue weighted by Gasteiger charge is -2.34. The lowest BCUT2D eigenvalue weighted by Crippen LogP contribution is -2.48. The molecule has 1 amide bonds. The van der Waals surface area contributed by atoms with Crippen molar-refractivity contribution in [3.63, 3.8) is 0 Å². The quantitative estimate of drug-likeness (QED) is 0.612. The molecule has 0 N–H and O–H groups in total. The van der Waals surface area contributed by atoms with E-state index in [-0.39, 0.29) is 5.91 Å². The molecule has 134 valence electrons. The maximum Gasteiger partial charge on any atom is 0.257 e. The van der Waals surface area contributed by atoms with Gasteiger partial charge in [-0.2, -0.15) is 0 Å². The van der Waals surface area contributed by atoms with Crippen molar-refractivity contribution in [3.05, 3.63) is 42.4 Å². The van der Waals surface area contributed by atoms with E-state index in [0.29, 0.717) is 29.4 Å². The van der Waals surface area contributed by atoms with Gasteiger partial charge in [-0.25, -0.2) is 4.98 Å². The van der Waals surface area contributed by atoms with Gasteiger partial charge in [0.1, 0.15) is 5.75 Å². The Balaban J connectivity index is 1.64. The number of amides is 1. The van der Waals surface area contributed by atoms with Gasteiger partial charge in [-0.05, 0) is 41.6 Å². The lowest BCUT2D eigenvalue weighted by atomic mass is 10.1. The van der Waals surface area contributed by atoms with Gasteiger partial charge in [-0.3, -0.25) is 9.69 Å². The van der Waals surface area contributed by atoms with Gasteiger partial charge in [-0.1, -0.05) is 11.6 Å². The molecular weight excluding hydrogens is 473 g/mol. The van der Waals surface area contributed by atoms with E-state index in [0.717, 1.165) is 33.9 Å². The topological polar surface area (TPSA) is 45.7 Å². The first-order valence-electron chi connectivity index (χ1n) is 7.93. The van der Waals surface area contributed by atoms with Gasteiger partial charge in [0.2, 0.25) is 0 Å². The minimum Gasteiger partial charge on any atom is -0.496 e. The molecule has 2 heterocycles. The summed E-state index contributed by atoms with van der Waals surface area (Å²) in [6.07, 6.45) is 0. The van der Waals surface area contributed by atoms with E-state index in [4.69, 9.17) is 16.3 Å².